The third kappa shape index (κ3) is 2.23. The van der Waals surface area contributed by atoms with Crippen LogP contribution in [0.2, 0.25) is 0 Å². The predicted molar refractivity (Wildman–Crippen MR) is 69.8 cm³/mol. The Bertz CT molecular complexity index is 459. The summed E-state index contributed by atoms with van der Waals surface area (Å²) in [5, 5.41) is 1.03. The Morgan fingerprint density at radius 1 is 1.25 bits per heavy atom. The molecule has 0 atom stereocenters. The summed E-state index contributed by atoms with van der Waals surface area (Å²) in [4.78, 5) is 7.55. The van der Waals surface area contributed by atoms with Crippen molar-refractivity contribution < 1.29 is 0 Å². The average molecular weight is 233 g/mol. The van der Waals surface area contributed by atoms with Crippen molar-refractivity contribution in [3.05, 3.63) is 35.3 Å². The SMILES string of the molecule is CN(C)c1ccc(-c2ncc(CN)s2)cc1. The van der Waals surface area contributed by atoms with Crippen LogP contribution in [0.15, 0.2) is 30.5 Å². The topological polar surface area (TPSA) is 42.2 Å². The number of hydrogen-bond donors (Lipinski definition) is 1. The summed E-state index contributed by atoms with van der Waals surface area (Å²) in [5.74, 6) is 0. The van der Waals surface area contributed by atoms with Crippen molar-refractivity contribution >= 4 is 17.0 Å². The van der Waals surface area contributed by atoms with Gasteiger partial charge in [0.25, 0.3) is 0 Å². The molecule has 0 aliphatic rings. The van der Waals surface area contributed by atoms with Crippen LogP contribution in [0, 0.1) is 0 Å². The number of hydrogen-bond acceptors (Lipinski definition) is 4. The van der Waals surface area contributed by atoms with Gasteiger partial charge in [-0.15, -0.1) is 11.3 Å². The van der Waals surface area contributed by atoms with Gasteiger partial charge in [-0.2, -0.15) is 0 Å². The molecule has 2 aromatic rings. The second-order valence-corrected chi connectivity index (χ2v) is 4.89. The smallest absolute Gasteiger partial charge is 0.123 e. The monoisotopic (exact) mass is 233 g/mol. The minimum absolute atomic E-state index is 0.563. The van der Waals surface area contributed by atoms with Gasteiger partial charge in [0.1, 0.15) is 5.01 Å². The fraction of sp³-hybridized carbons (Fsp3) is 0.250. The first kappa shape index (κ1) is 11.1. The van der Waals surface area contributed by atoms with Crippen LogP contribution in [0.5, 0.6) is 0 Å². The minimum atomic E-state index is 0.563. The van der Waals surface area contributed by atoms with Crippen LogP contribution >= 0.6 is 11.3 Å². The first-order chi connectivity index (χ1) is 7.70. The van der Waals surface area contributed by atoms with Crippen molar-refractivity contribution in [3.63, 3.8) is 0 Å². The first-order valence-electron chi connectivity index (χ1n) is 5.13. The van der Waals surface area contributed by atoms with Gasteiger partial charge in [-0.3, -0.25) is 0 Å². The summed E-state index contributed by atoms with van der Waals surface area (Å²) in [6, 6.07) is 8.38. The number of benzene rings is 1. The van der Waals surface area contributed by atoms with Gasteiger partial charge in [0.15, 0.2) is 0 Å². The van der Waals surface area contributed by atoms with E-state index in [0.29, 0.717) is 6.54 Å². The van der Waals surface area contributed by atoms with E-state index in [1.807, 2.05) is 20.3 Å². The van der Waals surface area contributed by atoms with E-state index in [4.69, 9.17) is 5.73 Å². The Balaban J connectivity index is 2.27. The molecule has 0 aliphatic heterocycles. The molecule has 3 nitrogen and oxygen atoms in total. The third-order valence-electron chi connectivity index (χ3n) is 2.39. The minimum Gasteiger partial charge on any atom is -0.378 e. The second-order valence-electron chi connectivity index (χ2n) is 3.78. The molecule has 16 heavy (non-hydrogen) atoms. The fourth-order valence-electron chi connectivity index (χ4n) is 1.44. The van der Waals surface area contributed by atoms with E-state index in [2.05, 4.69) is 34.1 Å². The molecule has 84 valence electrons. The number of nitrogens with two attached hydrogens (primary N) is 1. The zero-order valence-corrected chi connectivity index (χ0v) is 10.3. The van der Waals surface area contributed by atoms with Gasteiger partial charge in [0, 0.05) is 43.0 Å². The largest absolute Gasteiger partial charge is 0.378 e. The van der Waals surface area contributed by atoms with Crippen LogP contribution in [0.3, 0.4) is 0 Å². The van der Waals surface area contributed by atoms with Gasteiger partial charge >= 0.3 is 0 Å². The number of nitrogens with zero attached hydrogens (tertiary/aromatic N) is 2. The molecule has 0 aliphatic carbocycles. The summed E-state index contributed by atoms with van der Waals surface area (Å²) in [5.41, 5.74) is 7.91. The van der Waals surface area contributed by atoms with Gasteiger partial charge < -0.3 is 10.6 Å². The molecule has 0 spiro atoms. The molecule has 0 unspecified atom stereocenters. The van der Waals surface area contributed by atoms with Crippen molar-refractivity contribution in [2.75, 3.05) is 19.0 Å². The van der Waals surface area contributed by atoms with Crippen LogP contribution in [-0.2, 0) is 6.54 Å². The fourth-order valence-corrected chi connectivity index (χ4v) is 2.23. The van der Waals surface area contributed by atoms with Gasteiger partial charge in [0.05, 0.1) is 0 Å². The van der Waals surface area contributed by atoms with E-state index < -0.39 is 0 Å². The van der Waals surface area contributed by atoms with E-state index >= 15 is 0 Å². The maximum absolute atomic E-state index is 5.57. The molecule has 1 aromatic heterocycles. The lowest BCUT2D eigenvalue weighted by molar-refractivity contribution is 1.10. The third-order valence-corrected chi connectivity index (χ3v) is 3.45. The van der Waals surface area contributed by atoms with Crippen LogP contribution in [-0.4, -0.2) is 19.1 Å². The Hall–Kier alpha value is -1.39. The Morgan fingerprint density at radius 3 is 2.44 bits per heavy atom. The highest BCUT2D eigenvalue weighted by molar-refractivity contribution is 7.15. The van der Waals surface area contributed by atoms with Crippen molar-refractivity contribution in [3.8, 4) is 10.6 Å². The van der Waals surface area contributed by atoms with Crippen LogP contribution in [0.4, 0.5) is 5.69 Å². The summed E-state index contributed by atoms with van der Waals surface area (Å²) in [6.45, 7) is 0.563. The standard InChI is InChI=1S/C12H15N3S/c1-15(2)10-5-3-9(4-6-10)12-14-8-11(7-13)16-12/h3-6,8H,7,13H2,1-2H3. The lowest BCUT2D eigenvalue weighted by atomic mass is 10.2. The highest BCUT2D eigenvalue weighted by atomic mass is 32.1. The van der Waals surface area contributed by atoms with E-state index in [0.717, 1.165) is 15.4 Å². The highest BCUT2D eigenvalue weighted by Gasteiger charge is 2.04. The molecule has 0 saturated carbocycles. The Morgan fingerprint density at radius 2 is 1.94 bits per heavy atom. The van der Waals surface area contributed by atoms with Crippen molar-refractivity contribution in [1.82, 2.24) is 4.98 Å². The number of thiazole rings is 1. The molecular formula is C12H15N3S. The molecule has 0 fully saturated rings. The lowest BCUT2D eigenvalue weighted by Crippen LogP contribution is -2.07. The average Bonchev–Trinajstić information content (AvgIpc) is 2.77. The second kappa shape index (κ2) is 4.63. The summed E-state index contributed by atoms with van der Waals surface area (Å²) in [6.07, 6.45) is 1.85. The van der Waals surface area contributed by atoms with Crippen LogP contribution < -0.4 is 10.6 Å². The highest BCUT2D eigenvalue weighted by Crippen LogP contribution is 2.26. The normalized spacial score (nSPS) is 10.4. The van der Waals surface area contributed by atoms with Crippen molar-refractivity contribution in [2.45, 2.75) is 6.54 Å². The zero-order chi connectivity index (χ0) is 11.5. The molecule has 0 bridgehead atoms. The maximum Gasteiger partial charge on any atom is 0.123 e. The molecule has 0 amide bonds. The predicted octanol–water partition coefficient (Wildman–Crippen LogP) is 2.33. The van der Waals surface area contributed by atoms with E-state index in [1.165, 1.54) is 5.69 Å². The van der Waals surface area contributed by atoms with E-state index in [9.17, 15) is 0 Å². The number of anilines is 1. The Labute approximate surface area is 99.5 Å². The molecule has 4 heteroatoms. The summed E-state index contributed by atoms with van der Waals surface area (Å²) in [7, 11) is 4.07. The number of rotatable bonds is 3. The first-order valence-corrected chi connectivity index (χ1v) is 5.95. The quantitative estimate of drug-likeness (QED) is 0.884. The summed E-state index contributed by atoms with van der Waals surface area (Å²) >= 11 is 1.65. The van der Waals surface area contributed by atoms with Gasteiger partial charge in [0.2, 0.25) is 0 Å². The Kier molecular flexibility index (Phi) is 3.22. The van der Waals surface area contributed by atoms with Crippen LogP contribution in [0.25, 0.3) is 10.6 Å². The van der Waals surface area contributed by atoms with Gasteiger partial charge in [-0.25, -0.2) is 4.98 Å². The van der Waals surface area contributed by atoms with Gasteiger partial charge in [-0.1, -0.05) is 0 Å². The number of aromatic nitrogens is 1. The molecule has 1 aromatic carbocycles. The zero-order valence-electron chi connectivity index (χ0n) is 9.47. The molecule has 2 N–H and O–H groups in total. The van der Waals surface area contributed by atoms with Crippen molar-refractivity contribution in [1.29, 1.82) is 0 Å². The maximum atomic E-state index is 5.57. The summed E-state index contributed by atoms with van der Waals surface area (Å²) < 4.78 is 0. The molecule has 2 rings (SSSR count). The molecule has 1 heterocycles. The molecular weight excluding hydrogens is 218 g/mol. The van der Waals surface area contributed by atoms with Crippen LogP contribution in [0.1, 0.15) is 4.88 Å². The van der Waals surface area contributed by atoms with E-state index in [-0.39, 0.29) is 0 Å². The molecule has 0 saturated heterocycles. The van der Waals surface area contributed by atoms with E-state index in [1.54, 1.807) is 11.3 Å². The van der Waals surface area contributed by atoms with Gasteiger partial charge in [-0.05, 0) is 24.3 Å². The molecule has 0 radical (unpaired) electrons. The van der Waals surface area contributed by atoms with Crippen molar-refractivity contribution in [2.24, 2.45) is 5.73 Å². The lowest BCUT2D eigenvalue weighted by Gasteiger charge is -2.11.